The van der Waals surface area contributed by atoms with Crippen LogP contribution in [0.15, 0.2) is 28.6 Å². The van der Waals surface area contributed by atoms with E-state index >= 15 is 0 Å². The van der Waals surface area contributed by atoms with Crippen LogP contribution in [0.1, 0.15) is 45.8 Å². The van der Waals surface area contributed by atoms with Gasteiger partial charge < -0.3 is 36.5 Å². The lowest BCUT2D eigenvalue weighted by Gasteiger charge is -2.19. The highest BCUT2D eigenvalue weighted by atomic mass is 35.5. The number of imide groups is 1. The number of phenolic OH excluding ortho intramolecular Hbond substituents is 1. The number of carbonyl (C=O) groups is 7. The summed E-state index contributed by atoms with van der Waals surface area (Å²) >= 11 is 6.94. The van der Waals surface area contributed by atoms with E-state index in [1.54, 1.807) is 6.92 Å². The fourth-order valence-corrected chi connectivity index (χ4v) is 5.97. The topological polar surface area (TPSA) is 274 Å². The van der Waals surface area contributed by atoms with Gasteiger partial charge in [0.2, 0.25) is 5.60 Å². The van der Waals surface area contributed by atoms with Crippen molar-refractivity contribution in [1.82, 2.24) is 30.5 Å². The minimum absolute atomic E-state index is 0.00787. The summed E-state index contributed by atoms with van der Waals surface area (Å²) in [6, 6.07) is 1.20. The molecule has 0 spiro atoms. The molecule has 0 unspecified atom stereocenters. The van der Waals surface area contributed by atoms with Crippen LogP contribution in [0.4, 0.5) is 5.13 Å². The van der Waals surface area contributed by atoms with Gasteiger partial charge in [0, 0.05) is 19.6 Å². The number of carbonyl (C=O) groups excluding carboxylic acids is 5. The van der Waals surface area contributed by atoms with E-state index in [9.17, 15) is 48.9 Å². The number of anilines is 1. The number of halogens is 1. The van der Waals surface area contributed by atoms with E-state index in [2.05, 4.69) is 20.8 Å². The molecule has 3 aliphatic heterocycles. The predicted octanol–water partition coefficient (Wildman–Crippen LogP) is -0.715. The zero-order valence-electron chi connectivity index (χ0n) is 25.8. The summed E-state index contributed by atoms with van der Waals surface area (Å²) in [5, 5.41) is 39.6. The number of nitrogens with one attached hydrogen (secondary N) is 2. The molecule has 1 atom stereocenters. The Morgan fingerprint density at radius 2 is 1.82 bits per heavy atom. The Balaban J connectivity index is 1.28. The molecule has 7 N–H and O–H groups in total. The number of carboxylic acids is 2. The third kappa shape index (κ3) is 6.35. The number of benzene rings is 1. The normalized spacial score (nSPS) is 17.8. The van der Waals surface area contributed by atoms with Crippen LogP contribution in [0.5, 0.6) is 5.75 Å². The van der Waals surface area contributed by atoms with Crippen molar-refractivity contribution in [2.45, 2.75) is 32.4 Å². The molecule has 4 heterocycles. The van der Waals surface area contributed by atoms with Crippen molar-refractivity contribution >= 4 is 75.3 Å². The highest BCUT2D eigenvalue weighted by molar-refractivity contribution is 7.19. The van der Waals surface area contributed by atoms with Crippen LogP contribution in [-0.2, 0) is 28.8 Å². The standard InChI is InChI=1S/C28H27ClN8O11S/c1-10-6-11-12(7-15(10)38)23(42)36(22(11)41)5-4-31-20(39)13-8-35-9-14(24(43)37(35)18(13)25(44)45)32-21(40)17(16-19(29)49-27(30)33-16)34-48-28(2,3)26(46)47/h6-7,14,38H,4-5,8-9H2,1-3H3,(H2,30,33)(H,31,39)(H,32,40)(H,44,45)(H,46,47)/b34-17-/t14-/m0/s1. The number of nitrogens with zero attached hydrogens (tertiary/aromatic N) is 5. The highest BCUT2D eigenvalue weighted by Gasteiger charge is 2.50. The second kappa shape index (κ2) is 12.8. The molecule has 258 valence electrons. The van der Waals surface area contributed by atoms with Crippen LogP contribution in [0.3, 0.4) is 0 Å². The van der Waals surface area contributed by atoms with E-state index in [0.717, 1.165) is 21.2 Å². The Kier molecular flexibility index (Phi) is 9.06. The maximum Gasteiger partial charge on any atom is 0.354 e. The number of nitrogen functional groups attached to an aromatic ring is 1. The summed E-state index contributed by atoms with van der Waals surface area (Å²) in [5.74, 6) is -7.38. The van der Waals surface area contributed by atoms with Crippen LogP contribution in [0.25, 0.3) is 0 Å². The maximum absolute atomic E-state index is 13.4. The minimum Gasteiger partial charge on any atom is -0.508 e. The third-order valence-electron chi connectivity index (χ3n) is 7.63. The molecule has 5 amide bonds. The lowest BCUT2D eigenvalue weighted by atomic mass is 10.1. The van der Waals surface area contributed by atoms with Gasteiger partial charge in [-0.1, -0.05) is 28.1 Å². The van der Waals surface area contributed by atoms with Gasteiger partial charge in [0.25, 0.3) is 29.5 Å². The van der Waals surface area contributed by atoms with E-state index in [0.29, 0.717) is 5.56 Å². The van der Waals surface area contributed by atoms with Crippen molar-refractivity contribution in [3.05, 3.63) is 50.1 Å². The zero-order valence-corrected chi connectivity index (χ0v) is 27.3. The van der Waals surface area contributed by atoms with Crippen molar-refractivity contribution in [3.63, 3.8) is 0 Å². The molecule has 1 saturated heterocycles. The van der Waals surface area contributed by atoms with E-state index < -0.39 is 64.5 Å². The van der Waals surface area contributed by atoms with Gasteiger partial charge in [-0.2, -0.15) is 0 Å². The Labute approximate surface area is 284 Å². The van der Waals surface area contributed by atoms with E-state index in [1.165, 1.54) is 31.0 Å². The van der Waals surface area contributed by atoms with Gasteiger partial charge >= 0.3 is 11.9 Å². The van der Waals surface area contributed by atoms with Gasteiger partial charge in [0.1, 0.15) is 21.8 Å². The molecule has 1 aromatic carbocycles. The molecular formula is C28H27ClN8O11S. The number of fused-ring (bicyclic) bond motifs is 2. The smallest absolute Gasteiger partial charge is 0.354 e. The largest absolute Gasteiger partial charge is 0.508 e. The highest BCUT2D eigenvalue weighted by Crippen LogP contribution is 2.32. The molecule has 0 aliphatic carbocycles. The number of carboxylic acid groups (broad SMARTS) is 2. The molecular weight excluding hydrogens is 692 g/mol. The van der Waals surface area contributed by atoms with Gasteiger partial charge in [-0.25, -0.2) is 24.6 Å². The number of hydrazine groups is 1. The third-order valence-corrected chi connectivity index (χ3v) is 8.72. The first-order valence-corrected chi connectivity index (χ1v) is 15.4. The number of aryl methyl sites for hydroxylation is 1. The van der Waals surface area contributed by atoms with Crippen LogP contribution in [0.2, 0.25) is 4.34 Å². The van der Waals surface area contributed by atoms with Crippen molar-refractivity contribution in [2.24, 2.45) is 5.16 Å². The number of phenols is 1. The lowest BCUT2D eigenvalue weighted by Crippen LogP contribution is -2.46. The van der Waals surface area contributed by atoms with Gasteiger partial charge in [-0.15, -0.1) is 0 Å². The van der Waals surface area contributed by atoms with Crippen molar-refractivity contribution < 1.29 is 53.7 Å². The molecule has 3 aliphatic rings. The first-order valence-electron chi connectivity index (χ1n) is 14.2. The lowest BCUT2D eigenvalue weighted by molar-refractivity contribution is -0.161. The van der Waals surface area contributed by atoms with Crippen LogP contribution < -0.4 is 16.4 Å². The van der Waals surface area contributed by atoms with Crippen molar-refractivity contribution in [2.75, 3.05) is 31.9 Å². The van der Waals surface area contributed by atoms with Gasteiger partial charge in [-0.05, 0) is 38.5 Å². The number of amides is 5. The quantitative estimate of drug-likeness (QED) is 0.0951. The minimum atomic E-state index is -1.89. The van der Waals surface area contributed by atoms with Crippen LogP contribution in [0, 0.1) is 6.92 Å². The Hall–Kier alpha value is -5.60. The van der Waals surface area contributed by atoms with E-state index in [4.69, 9.17) is 22.2 Å². The summed E-state index contributed by atoms with van der Waals surface area (Å²) in [6.45, 7) is 2.72. The molecule has 0 bridgehead atoms. The number of nitrogens with two attached hydrogens (primary N) is 1. The monoisotopic (exact) mass is 718 g/mol. The summed E-state index contributed by atoms with van der Waals surface area (Å²) in [6.07, 6.45) is 0. The number of aromatic hydroxyl groups is 1. The predicted molar refractivity (Wildman–Crippen MR) is 167 cm³/mol. The molecule has 21 heteroatoms. The summed E-state index contributed by atoms with van der Waals surface area (Å²) < 4.78 is -0.0885. The van der Waals surface area contributed by atoms with Crippen LogP contribution in [-0.4, -0.2) is 120 Å². The van der Waals surface area contributed by atoms with Gasteiger partial charge in [0.05, 0.1) is 23.2 Å². The van der Waals surface area contributed by atoms with Crippen molar-refractivity contribution in [1.29, 1.82) is 0 Å². The fraction of sp³-hybridized carbons (Fsp3) is 0.321. The number of hydrogen-bond acceptors (Lipinski definition) is 14. The molecule has 1 aromatic heterocycles. The molecule has 2 aromatic rings. The van der Waals surface area contributed by atoms with Crippen molar-refractivity contribution in [3.8, 4) is 5.75 Å². The average Bonchev–Trinajstić information content (AvgIpc) is 3.71. The molecule has 49 heavy (non-hydrogen) atoms. The maximum atomic E-state index is 13.4. The van der Waals surface area contributed by atoms with Gasteiger partial charge in [-0.3, -0.25) is 28.9 Å². The summed E-state index contributed by atoms with van der Waals surface area (Å²) in [5.41, 5.74) is 2.45. The number of hydrogen-bond donors (Lipinski definition) is 6. The average molecular weight is 719 g/mol. The number of aliphatic carboxylic acids is 2. The first-order chi connectivity index (χ1) is 22.9. The molecule has 19 nitrogen and oxygen atoms in total. The Morgan fingerprint density at radius 3 is 2.41 bits per heavy atom. The summed E-state index contributed by atoms with van der Waals surface area (Å²) in [7, 11) is 0. The van der Waals surface area contributed by atoms with E-state index in [1.807, 2.05) is 0 Å². The molecule has 5 rings (SSSR count). The fourth-order valence-electron chi connectivity index (χ4n) is 5.04. The number of aromatic nitrogens is 1. The Bertz CT molecular complexity index is 1880. The van der Waals surface area contributed by atoms with Gasteiger partial charge in [0.15, 0.2) is 16.5 Å². The SMILES string of the molecule is Cc1cc2c(cc1O)C(=O)N(CCNC(=O)C1=C(C(=O)O)N3C(=O)[C@@H](NC(=O)/C(=N\OC(C)(C)C(=O)O)c4nc(N)sc4Cl)CN3C1)C2=O. The molecule has 0 radical (unpaired) electrons. The Morgan fingerprint density at radius 1 is 1.16 bits per heavy atom. The first kappa shape index (κ1) is 34.7. The number of rotatable bonds is 11. The second-order valence-electron chi connectivity index (χ2n) is 11.4. The molecule has 1 fully saturated rings. The second-order valence-corrected chi connectivity index (χ2v) is 13.0. The number of oxime groups is 1. The number of thiazole rings is 1. The van der Waals surface area contributed by atoms with E-state index in [-0.39, 0.29) is 63.8 Å². The zero-order chi connectivity index (χ0) is 36.1. The van der Waals surface area contributed by atoms with Crippen LogP contribution >= 0.6 is 22.9 Å². The summed E-state index contributed by atoms with van der Waals surface area (Å²) in [4.78, 5) is 98.9. The molecule has 0 saturated carbocycles.